The minimum absolute atomic E-state index is 0.184. The summed E-state index contributed by atoms with van der Waals surface area (Å²) in [6.45, 7) is 3.81. The largest absolute Gasteiger partial charge is 0.294 e. The van der Waals surface area contributed by atoms with Crippen LogP contribution in [0.2, 0.25) is 0 Å². The molecule has 0 spiro atoms. The van der Waals surface area contributed by atoms with Crippen molar-refractivity contribution in [3.63, 3.8) is 0 Å². The van der Waals surface area contributed by atoms with Crippen LogP contribution in [0.5, 0.6) is 0 Å². The lowest BCUT2D eigenvalue weighted by Gasteiger charge is -2.03. The van der Waals surface area contributed by atoms with Crippen LogP contribution >= 0.6 is 12.6 Å². The van der Waals surface area contributed by atoms with Crippen LogP contribution in [0.3, 0.4) is 0 Å². The van der Waals surface area contributed by atoms with Crippen molar-refractivity contribution >= 4 is 18.4 Å². The van der Waals surface area contributed by atoms with Crippen molar-refractivity contribution in [2.75, 3.05) is 0 Å². The van der Waals surface area contributed by atoms with Crippen LogP contribution in [0.4, 0.5) is 0 Å². The number of Topliss-reactive ketones (excluding diaryl/α,β-unsaturated/α-hetero) is 1. The molecular weight excluding hydrogens is 168 g/mol. The third-order valence-electron chi connectivity index (χ3n) is 1.84. The zero-order valence-electron chi connectivity index (χ0n) is 7.29. The number of aryl methyl sites for hydroxylation is 1. The van der Waals surface area contributed by atoms with Gasteiger partial charge >= 0.3 is 0 Å². The Kier molecular flexibility index (Phi) is 2.93. The molecule has 1 aromatic carbocycles. The van der Waals surface area contributed by atoms with E-state index < -0.39 is 0 Å². The molecule has 0 N–H and O–H groups in total. The van der Waals surface area contributed by atoms with Crippen molar-refractivity contribution in [1.82, 2.24) is 0 Å². The summed E-state index contributed by atoms with van der Waals surface area (Å²) in [5.74, 6) is 0.184. The standard InChI is InChI=1S/C10H12OS/c1-3-10(11)9-6-8(12)5-4-7(9)2/h4-6,12H,3H2,1-2H3. The fraction of sp³-hybridized carbons (Fsp3) is 0.300. The van der Waals surface area contributed by atoms with E-state index in [0.29, 0.717) is 6.42 Å². The minimum atomic E-state index is 0.184. The minimum Gasteiger partial charge on any atom is -0.294 e. The van der Waals surface area contributed by atoms with E-state index in [1.165, 1.54) is 0 Å². The second-order valence-electron chi connectivity index (χ2n) is 2.78. The number of hydrogen-bond donors (Lipinski definition) is 1. The molecule has 0 aliphatic heterocycles. The van der Waals surface area contributed by atoms with Crippen LogP contribution in [0, 0.1) is 6.92 Å². The summed E-state index contributed by atoms with van der Waals surface area (Å²) >= 11 is 4.18. The maximum atomic E-state index is 11.4. The highest BCUT2D eigenvalue weighted by atomic mass is 32.1. The second-order valence-corrected chi connectivity index (χ2v) is 3.29. The number of carbonyl (C=O) groups is 1. The Bertz CT molecular complexity index is 305. The lowest BCUT2D eigenvalue weighted by molar-refractivity contribution is 0.0987. The average Bonchev–Trinajstić information content (AvgIpc) is 2.08. The van der Waals surface area contributed by atoms with E-state index >= 15 is 0 Å². The maximum absolute atomic E-state index is 11.4. The van der Waals surface area contributed by atoms with Crippen LogP contribution in [0.15, 0.2) is 23.1 Å². The fourth-order valence-corrected chi connectivity index (χ4v) is 1.30. The van der Waals surface area contributed by atoms with Gasteiger partial charge in [0.05, 0.1) is 0 Å². The second kappa shape index (κ2) is 3.76. The summed E-state index contributed by atoms with van der Waals surface area (Å²) in [6, 6.07) is 5.64. The molecule has 0 radical (unpaired) electrons. The van der Waals surface area contributed by atoms with Crippen LogP contribution in [-0.4, -0.2) is 5.78 Å². The molecule has 1 aromatic rings. The third kappa shape index (κ3) is 1.89. The molecule has 1 nitrogen and oxygen atoms in total. The Hall–Kier alpha value is -0.760. The number of thiol groups is 1. The number of hydrogen-bond acceptors (Lipinski definition) is 2. The Morgan fingerprint density at radius 1 is 1.50 bits per heavy atom. The Balaban J connectivity index is 3.13. The average molecular weight is 180 g/mol. The first-order chi connectivity index (χ1) is 5.65. The van der Waals surface area contributed by atoms with E-state index in [4.69, 9.17) is 0 Å². The number of benzene rings is 1. The Morgan fingerprint density at radius 3 is 2.75 bits per heavy atom. The van der Waals surface area contributed by atoms with Gasteiger partial charge in [-0.15, -0.1) is 12.6 Å². The smallest absolute Gasteiger partial charge is 0.162 e. The molecule has 0 fully saturated rings. The van der Waals surface area contributed by atoms with Crippen molar-refractivity contribution in [2.24, 2.45) is 0 Å². The van der Waals surface area contributed by atoms with Gasteiger partial charge in [-0.25, -0.2) is 0 Å². The Morgan fingerprint density at radius 2 is 2.17 bits per heavy atom. The molecule has 0 saturated heterocycles. The molecule has 0 heterocycles. The van der Waals surface area contributed by atoms with Crippen LogP contribution in [-0.2, 0) is 0 Å². The molecule has 0 aromatic heterocycles. The van der Waals surface area contributed by atoms with Crippen LogP contribution < -0.4 is 0 Å². The lowest BCUT2D eigenvalue weighted by Crippen LogP contribution is -1.99. The van der Waals surface area contributed by atoms with Gasteiger partial charge in [0.2, 0.25) is 0 Å². The van der Waals surface area contributed by atoms with Gasteiger partial charge in [-0.2, -0.15) is 0 Å². The fourth-order valence-electron chi connectivity index (χ4n) is 1.10. The highest BCUT2D eigenvalue weighted by Crippen LogP contribution is 2.15. The molecule has 1 rings (SSSR count). The first-order valence-electron chi connectivity index (χ1n) is 3.98. The summed E-state index contributed by atoms with van der Waals surface area (Å²) in [4.78, 5) is 12.2. The summed E-state index contributed by atoms with van der Waals surface area (Å²) in [5, 5.41) is 0. The molecule has 12 heavy (non-hydrogen) atoms. The van der Waals surface area contributed by atoms with Crippen molar-refractivity contribution in [2.45, 2.75) is 25.2 Å². The van der Waals surface area contributed by atoms with Gasteiger partial charge < -0.3 is 0 Å². The number of carbonyl (C=O) groups excluding carboxylic acids is 1. The van der Waals surface area contributed by atoms with E-state index in [-0.39, 0.29) is 5.78 Å². The highest BCUT2D eigenvalue weighted by molar-refractivity contribution is 7.80. The summed E-state index contributed by atoms with van der Waals surface area (Å²) in [7, 11) is 0. The van der Waals surface area contributed by atoms with E-state index in [9.17, 15) is 4.79 Å². The third-order valence-corrected chi connectivity index (χ3v) is 2.12. The van der Waals surface area contributed by atoms with E-state index in [2.05, 4.69) is 12.6 Å². The first-order valence-corrected chi connectivity index (χ1v) is 4.42. The molecule has 0 atom stereocenters. The summed E-state index contributed by atoms with van der Waals surface area (Å²) in [6.07, 6.45) is 0.554. The zero-order valence-corrected chi connectivity index (χ0v) is 8.19. The molecule has 0 unspecified atom stereocenters. The van der Waals surface area contributed by atoms with Gasteiger partial charge in [0.15, 0.2) is 5.78 Å². The van der Waals surface area contributed by atoms with Crippen molar-refractivity contribution in [3.05, 3.63) is 29.3 Å². The summed E-state index contributed by atoms with van der Waals surface area (Å²) in [5.41, 5.74) is 1.82. The number of ketones is 1. The van der Waals surface area contributed by atoms with E-state index in [0.717, 1.165) is 16.0 Å². The van der Waals surface area contributed by atoms with Gasteiger partial charge in [0.25, 0.3) is 0 Å². The van der Waals surface area contributed by atoms with Crippen molar-refractivity contribution < 1.29 is 4.79 Å². The maximum Gasteiger partial charge on any atom is 0.162 e. The number of rotatable bonds is 2. The van der Waals surface area contributed by atoms with Gasteiger partial charge in [-0.05, 0) is 24.6 Å². The van der Waals surface area contributed by atoms with Crippen molar-refractivity contribution in [1.29, 1.82) is 0 Å². The molecule has 64 valence electrons. The SMILES string of the molecule is CCC(=O)c1cc(S)ccc1C. The molecule has 2 heteroatoms. The topological polar surface area (TPSA) is 17.1 Å². The molecule has 0 bridgehead atoms. The van der Waals surface area contributed by atoms with E-state index in [1.807, 2.05) is 32.0 Å². The monoisotopic (exact) mass is 180 g/mol. The first kappa shape index (κ1) is 9.33. The van der Waals surface area contributed by atoms with Gasteiger partial charge in [0.1, 0.15) is 0 Å². The van der Waals surface area contributed by atoms with Crippen molar-refractivity contribution in [3.8, 4) is 0 Å². The predicted octanol–water partition coefficient (Wildman–Crippen LogP) is 2.88. The quantitative estimate of drug-likeness (QED) is 0.547. The van der Waals surface area contributed by atoms with Gasteiger partial charge in [-0.1, -0.05) is 13.0 Å². The Labute approximate surface area is 78.2 Å². The lowest BCUT2D eigenvalue weighted by atomic mass is 10.0. The zero-order chi connectivity index (χ0) is 9.14. The summed E-state index contributed by atoms with van der Waals surface area (Å²) < 4.78 is 0. The van der Waals surface area contributed by atoms with Gasteiger partial charge in [0, 0.05) is 16.9 Å². The molecule has 0 amide bonds. The molecule has 0 aliphatic rings. The van der Waals surface area contributed by atoms with Crippen LogP contribution in [0.25, 0.3) is 0 Å². The predicted molar refractivity (Wildman–Crippen MR) is 53.1 cm³/mol. The molecule has 0 saturated carbocycles. The van der Waals surface area contributed by atoms with Crippen LogP contribution in [0.1, 0.15) is 29.3 Å². The normalized spacial score (nSPS) is 9.92. The molecule has 0 aliphatic carbocycles. The van der Waals surface area contributed by atoms with Gasteiger partial charge in [-0.3, -0.25) is 4.79 Å². The molecular formula is C10H12OS. The highest BCUT2D eigenvalue weighted by Gasteiger charge is 2.05. The van der Waals surface area contributed by atoms with E-state index in [1.54, 1.807) is 0 Å².